The lowest BCUT2D eigenvalue weighted by atomic mass is 10.2. The maximum atomic E-state index is 10.2. The van der Waals surface area contributed by atoms with E-state index in [0.29, 0.717) is 5.56 Å². The number of anilines is 1. The minimum Gasteiger partial charge on any atom is -0.530 e. The van der Waals surface area contributed by atoms with E-state index < -0.39 is 6.09 Å². The number of rotatable bonds is 1. The Labute approximate surface area is 84.9 Å². The molecule has 1 N–H and O–H groups in total. The van der Waals surface area contributed by atoms with Crippen molar-refractivity contribution in [3.63, 3.8) is 0 Å². The predicted molar refractivity (Wildman–Crippen MR) is 47.7 cm³/mol. The molecule has 0 spiro atoms. The van der Waals surface area contributed by atoms with Crippen molar-refractivity contribution in [2.24, 2.45) is 0 Å². The van der Waals surface area contributed by atoms with Gasteiger partial charge in [0.25, 0.3) is 0 Å². The van der Waals surface area contributed by atoms with Crippen LogP contribution in [0.3, 0.4) is 0 Å². The van der Waals surface area contributed by atoms with E-state index in [1.165, 1.54) is 6.07 Å². The highest BCUT2D eigenvalue weighted by Crippen LogP contribution is 2.19. The molecule has 0 aliphatic heterocycles. The Morgan fingerprint density at radius 3 is 2.86 bits per heavy atom. The van der Waals surface area contributed by atoms with Gasteiger partial charge in [0.15, 0.2) is 0 Å². The number of pyridine rings is 1. The monoisotopic (exact) mass is 210 g/mol. The highest BCUT2D eigenvalue weighted by atomic mass is 35.5. The molecule has 0 unspecified atom stereocenters. The molecular formula is C8H5ClN3O2-. The number of hydrogen-bond acceptors (Lipinski definition) is 4. The molecule has 1 aromatic heterocycles. The maximum Gasteiger partial charge on any atom is 0.149 e. The summed E-state index contributed by atoms with van der Waals surface area (Å²) in [5, 5.41) is 20.7. The van der Waals surface area contributed by atoms with Crippen LogP contribution in [-0.2, 0) is 0 Å². The molecule has 0 aliphatic rings. The highest BCUT2D eigenvalue weighted by Gasteiger charge is 2.07. The number of nitrogens with one attached hydrogen (secondary N) is 1. The first-order chi connectivity index (χ1) is 6.54. The zero-order chi connectivity index (χ0) is 10.7. The quantitative estimate of drug-likeness (QED) is 0.690. The van der Waals surface area contributed by atoms with Crippen LogP contribution in [0.2, 0.25) is 5.15 Å². The van der Waals surface area contributed by atoms with E-state index in [1.54, 1.807) is 6.92 Å². The molecule has 0 aliphatic carbocycles. The van der Waals surface area contributed by atoms with Gasteiger partial charge in [-0.25, -0.2) is 4.98 Å². The van der Waals surface area contributed by atoms with Crippen LogP contribution in [0.5, 0.6) is 0 Å². The van der Waals surface area contributed by atoms with Crippen molar-refractivity contribution in [1.82, 2.24) is 4.98 Å². The summed E-state index contributed by atoms with van der Waals surface area (Å²) >= 11 is 5.63. The fourth-order valence-electron chi connectivity index (χ4n) is 0.937. The summed E-state index contributed by atoms with van der Waals surface area (Å²) in [6.45, 7) is 1.63. The molecule has 0 fully saturated rings. The topological polar surface area (TPSA) is 88.8 Å². The molecule has 0 radical (unpaired) electrons. The van der Waals surface area contributed by atoms with E-state index in [9.17, 15) is 9.90 Å². The molecule has 0 saturated carbocycles. The van der Waals surface area contributed by atoms with Crippen molar-refractivity contribution in [3.05, 3.63) is 22.3 Å². The van der Waals surface area contributed by atoms with Crippen molar-refractivity contribution in [2.75, 3.05) is 5.32 Å². The maximum absolute atomic E-state index is 10.2. The Morgan fingerprint density at radius 2 is 2.43 bits per heavy atom. The third kappa shape index (κ3) is 2.12. The van der Waals surface area contributed by atoms with Crippen LogP contribution >= 0.6 is 11.6 Å². The molecule has 0 saturated heterocycles. The first-order valence-corrected chi connectivity index (χ1v) is 3.97. The van der Waals surface area contributed by atoms with Gasteiger partial charge < -0.3 is 15.2 Å². The summed E-state index contributed by atoms with van der Waals surface area (Å²) in [5.74, 6) is 0.0477. The second-order valence-corrected chi connectivity index (χ2v) is 2.87. The van der Waals surface area contributed by atoms with E-state index in [-0.39, 0.29) is 16.5 Å². The lowest BCUT2D eigenvalue weighted by Crippen LogP contribution is -2.29. The number of carbonyl (C=O) groups is 1. The van der Waals surface area contributed by atoms with Crippen LogP contribution in [0.4, 0.5) is 10.6 Å². The van der Waals surface area contributed by atoms with Crippen LogP contribution in [-0.4, -0.2) is 11.1 Å². The van der Waals surface area contributed by atoms with Crippen molar-refractivity contribution >= 4 is 23.5 Å². The van der Waals surface area contributed by atoms with Gasteiger partial charge >= 0.3 is 0 Å². The van der Waals surface area contributed by atoms with E-state index in [2.05, 4.69) is 4.98 Å². The fourth-order valence-corrected chi connectivity index (χ4v) is 1.22. The Hall–Kier alpha value is -1.80. The average molecular weight is 211 g/mol. The standard InChI is InChI=1S/C8H6ClN3O2/c1-4-2-6(12-8(13)14)11-7(9)5(4)3-10/h2H,1H3,(H,11,12)(H,13,14)/p-1. The zero-order valence-electron chi connectivity index (χ0n) is 7.17. The smallest absolute Gasteiger partial charge is 0.149 e. The fraction of sp³-hybridized carbons (Fsp3) is 0.125. The number of aryl methyl sites for hydroxylation is 1. The van der Waals surface area contributed by atoms with Crippen molar-refractivity contribution in [1.29, 1.82) is 5.26 Å². The highest BCUT2D eigenvalue weighted by molar-refractivity contribution is 6.30. The van der Waals surface area contributed by atoms with Gasteiger partial charge in [0.05, 0.1) is 5.56 Å². The molecule has 1 amide bonds. The molecule has 1 rings (SSSR count). The number of halogens is 1. The lowest BCUT2D eigenvalue weighted by molar-refractivity contribution is -0.242. The summed E-state index contributed by atoms with van der Waals surface area (Å²) in [4.78, 5) is 13.8. The summed E-state index contributed by atoms with van der Waals surface area (Å²) in [6, 6.07) is 3.26. The van der Waals surface area contributed by atoms with Gasteiger partial charge in [0, 0.05) is 0 Å². The van der Waals surface area contributed by atoms with Gasteiger partial charge in [-0.15, -0.1) is 0 Å². The van der Waals surface area contributed by atoms with E-state index in [4.69, 9.17) is 16.9 Å². The second-order valence-electron chi connectivity index (χ2n) is 2.51. The molecule has 0 atom stereocenters. The number of aromatic nitrogens is 1. The number of carbonyl (C=O) groups excluding carboxylic acids is 1. The average Bonchev–Trinajstić information content (AvgIpc) is 2.01. The van der Waals surface area contributed by atoms with E-state index in [1.807, 2.05) is 11.4 Å². The van der Waals surface area contributed by atoms with E-state index >= 15 is 0 Å². The van der Waals surface area contributed by atoms with Crippen molar-refractivity contribution in [2.45, 2.75) is 6.92 Å². The van der Waals surface area contributed by atoms with Crippen LogP contribution < -0.4 is 10.4 Å². The van der Waals surface area contributed by atoms with Crippen LogP contribution in [0.1, 0.15) is 11.1 Å². The molecular weight excluding hydrogens is 206 g/mol. The molecule has 6 heteroatoms. The minimum absolute atomic E-state index is 0.0312. The summed E-state index contributed by atoms with van der Waals surface area (Å²) in [6.07, 6.45) is -1.47. The Balaban J connectivity index is 3.15. The van der Waals surface area contributed by atoms with Crippen LogP contribution in [0.25, 0.3) is 0 Å². The number of nitriles is 1. The van der Waals surface area contributed by atoms with Gasteiger partial charge in [-0.2, -0.15) is 5.26 Å². The third-order valence-corrected chi connectivity index (χ3v) is 1.79. The van der Waals surface area contributed by atoms with E-state index in [0.717, 1.165) is 0 Å². The molecule has 72 valence electrons. The Morgan fingerprint density at radius 1 is 1.79 bits per heavy atom. The van der Waals surface area contributed by atoms with Gasteiger partial charge in [-0.1, -0.05) is 11.6 Å². The lowest BCUT2D eigenvalue weighted by Gasteiger charge is -2.07. The first kappa shape index (κ1) is 10.3. The minimum atomic E-state index is -1.47. The molecule has 1 heterocycles. The van der Waals surface area contributed by atoms with Gasteiger partial charge in [-0.3, -0.25) is 0 Å². The summed E-state index contributed by atoms with van der Waals surface area (Å²) in [5.41, 5.74) is 0.784. The number of carboxylic acid groups (broad SMARTS) is 1. The van der Waals surface area contributed by atoms with Crippen molar-refractivity contribution in [3.8, 4) is 6.07 Å². The molecule has 0 bridgehead atoms. The molecule has 0 aromatic carbocycles. The molecule has 5 nitrogen and oxygen atoms in total. The Kier molecular flexibility index (Phi) is 2.89. The number of nitrogens with zero attached hydrogens (tertiary/aromatic N) is 2. The second kappa shape index (κ2) is 3.94. The van der Waals surface area contributed by atoms with Crippen LogP contribution in [0.15, 0.2) is 6.07 Å². The molecule has 1 aromatic rings. The van der Waals surface area contributed by atoms with Crippen molar-refractivity contribution < 1.29 is 9.90 Å². The first-order valence-electron chi connectivity index (χ1n) is 3.60. The summed E-state index contributed by atoms with van der Waals surface area (Å²) < 4.78 is 0. The van der Waals surface area contributed by atoms with Gasteiger partial charge in [0.1, 0.15) is 23.1 Å². The summed E-state index contributed by atoms with van der Waals surface area (Å²) in [7, 11) is 0. The zero-order valence-corrected chi connectivity index (χ0v) is 7.92. The largest absolute Gasteiger partial charge is 0.530 e. The third-order valence-electron chi connectivity index (χ3n) is 1.51. The Bertz CT molecular complexity index is 402. The van der Waals surface area contributed by atoms with Crippen LogP contribution in [0, 0.1) is 18.3 Å². The number of hydrogen-bond donors (Lipinski definition) is 1. The normalized spacial score (nSPS) is 9.21. The SMILES string of the molecule is Cc1cc(NC(=O)[O-])nc(Cl)c1C#N. The number of amides is 1. The molecule has 14 heavy (non-hydrogen) atoms. The van der Waals surface area contributed by atoms with Gasteiger partial charge in [0.2, 0.25) is 0 Å². The van der Waals surface area contributed by atoms with Gasteiger partial charge in [-0.05, 0) is 18.6 Å². The predicted octanol–water partition coefficient (Wildman–Crippen LogP) is 0.670.